The van der Waals surface area contributed by atoms with Crippen LogP contribution in [0.2, 0.25) is 0 Å². The molecule has 0 aliphatic rings. The van der Waals surface area contributed by atoms with E-state index in [0.29, 0.717) is 17.3 Å². The summed E-state index contributed by atoms with van der Waals surface area (Å²) in [5.74, 6) is 0.178. The summed E-state index contributed by atoms with van der Waals surface area (Å²) in [4.78, 5) is 8.64. The van der Waals surface area contributed by atoms with E-state index in [1.807, 2.05) is 7.05 Å². The number of hydrogen-bond acceptors (Lipinski definition) is 6. The number of aryl methyl sites for hydroxylation is 1. The van der Waals surface area contributed by atoms with Crippen LogP contribution in [0.1, 0.15) is 6.42 Å². The molecular formula is C17H19FN6O2S. The molecule has 2 aromatic heterocycles. The first-order valence-electron chi connectivity index (χ1n) is 8.21. The van der Waals surface area contributed by atoms with Crippen molar-refractivity contribution in [2.75, 3.05) is 22.5 Å². The molecule has 10 heteroatoms. The lowest BCUT2D eigenvalue weighted by Gasteiger charge is -2.08. The summed E-state index contributed by atoms with van der Waals surface area (Å²) in [6, 6.07) is 8.54. The lowest BCUT2D eigenvalue weighted by atomic mass is 10.1. The first-order chi connectivity index (χ1) is 12.9. The van der Waals surface area contributed by atoms with E-state index in [-0.39, 0.29) is 12.2 Å². The lowest BCUT2D eigenvalue weighted by Crippen LogP contribution is -2.16. The highest BCUT2D eigenvalue weighted by molar-refractivity contribution is 7.92. The zero-order valence-corrected chi connectivity index (χ0v) is 15.4. The standard InChI is InChI=1S/C17H19FN6O2S/c1-24-12-15(11-20-24)21-17-19-9-7-16(22-17)13-3-5-14(6-4-13)23-27(25,26)10-2-8-18/h3-7,9,11-12,23H,2,8,10H2,1H3,(H,19,21,22). The van der Waals surface area contributed by atoms with Crippen LogP contribution in [-0.2, 0) is 17.1 Å². The third-order valence-corrected chi connectivity index (χ3v) is 4.99. The van der Waals surface area contributed by atoms with Gasteiger partial charge in [-0.05, 0) is 24.6 Å². The minimum Gasteiger partial charge on any atom is -0.321 e. The van der Waals surface area contributed by atoms with Crippen molar-refractivity contribution in [1.29, 1.82) is 0 Å². The molecule has 0 bridgehead atoms. The first kappa shape index (κ1) is 18.8. The van der Waals surface area contributed by atoms with Crippen LogP contribution in [0.15, 0.2) is 48.9 Å². The van der Waals surface area contributed by atoms with Gasteiger partial charge in [0.25, 0.3) is 0 Å². The Balaban J connectivity index is 1.72. The summed E-state index contributed by atoms with van der Waals surface area (Å²) in [6.45, 7) is -0.664. The number of rotatable bonds is 8. The molecule has 0 fully saturated rings. The average molecular weight is 390 g/mol. The number of nitrogens with zero attached hydrogens (tertiary/aromatic N) is 4. The molecule has 0 atom stereocenters. The van der Waals surface area contributed by atoms with Crippen LogP contribution in [0.5, 0.6) is 0 Å². The minimum atomic E-state index is -3.55. The van der Waals surface area contributed by atoms with Crippen LogP contribution in [0.25, 0.3) is 11.3 Å². The number of anilines is 3. The van der Waals surface area contributed by atoms with Gasteiger partial charge in [0.1, 0.15) is 0 Å². The van der Waals surface area contributed by atoms with Gasteiger partial charge in [0.05, 0.1) is 30.0 Å². The van der Waals surface area contributed by atoms with Crippen molar-refractivity contribution in [3.63, 3.8) is 0 Å². The molecule has 3 aromatic rings. The van der Waals surface area contributed by atoms with Crippen molar-refractivity contribution in [3.8, 4) is 11.3 Å². The quantitative estimate of drug-likeness (QED) is 0.613. The third kappa shape index (κ3) is 5.23. The van der Waals surface area contributed by atoms with Gasteiger partial charge in [-0.1, -0.05) is 12.1 Å². The van der Waals surface area contributed by atoms with Crippen molar-refractivity contribution in [3.05, 3.63) is 48.9 Å². The Hall–Kier alpha value is -3.01. The smallest absolute Gasteiger partial charge is 0.232 e. The van der Waals surface area contributed by atoms with Crippen LogP contribution >= 0.6 is 0 Å². The number of benzene rings is 1. The average Bonchev–Trinajstić information content (AvgIpc) is 3.05. The van der Waals surface area contributed by atoms with Crippen molar-refractivity contribution < 1.29 is 12.8 Å². The predicted molar refractivity (Wildman–Crippen MR) is 102 cm³/mol. The van der Waals surface area contributed by atoms with E-state index in [0.717, 1.165) is 11.3 Å². The fourth-order valence-electron chi connectivity index (χ4n) is 2.38. The van der Waals surface area contributed by atoms with Crippen LogP contribution in [0.4, 0.5) is 21.7 Å². The molecule has 8 nitrogen and oxygen atoms in total. The van der Waals surface area contributed by atoms with Crippen LogP contribution in [0, 0.1) is 0 Å². The topological polar surface area (TPSA) is 102 Å². The number of sulfonamides is 1. The molecule has 2 heterocycles. The molecule has 2 N–H and O–H groups in total. The van der Waals surface area contributed by atoms with Gasteiger partial charge in [-0.2, -0.15) is 5.10 Å². The molecule has 0 amide bonds. The molecule has 0 aliphatic carbocycles. The molecule has 0 radical (unpaired) electrons. The largest absolute Gasteiger partial charge is 0.321 e. The van der Waals surface area contributed by atoms with E-state index in [4.69, 9.17) is 0 Å². The summed E-state index contributed by atoms with van der Waals surface area (Å²) in [6.07, 6.45) is 5.08. The van der Waals surface area contributed by atoms with Crippen molar-refractivity contribution in [1.82, 2.24) is 19.7 Å². The van der Waals surface area contributed by atoms with Gasteiger partial charge in [0.2, 0.25) is 16.0 Å². The van der Waals surface area contributed by atoms with Crippen LogP contribution in [-0.4, -0.2) is 40.6 Å². The fourth-order valence-corrected chi connectivity index (χ4v) is 3.47. The van der Waals surface area contributed by atoms with E-state index < -0.39 is 16.7 Å². The summed E-state index contributed by atoms with van der Waals surface area (Å²) in [5, 5.41) is 7.14. The molecule has 0 saturated carbocycles. The molecule has 0 unspecified atom stereocenters. The number of hydrogen-bond donors (Lipinski definition) is 2. The van der Waals surface area contributed by atoms with Crippen molar-refractivity contribution >= 4 is 27.3 Å². The summed E-state index contributed by atoms with van der Waals surface area (Å²) < 4.78 is 39.9. The van der Waals surface area contributed by atoms with Crippen LogP contribution in [0.3, 0.4) is 0 Å². The lowest BCUT2D eigenvalue weighted by molar-refractivity contribution is 0.484. The number of aromatic nitrogens is 4. The van der Waals surface area contributed by atoms with Crippen LogP contribution < -0.4 is 10.0 Å². The van der Waals surface area contributed by atoms with E-state index in [1.54, 1.807) is 53.6 Å². The Kier molecular flexibility index (Phi) is 5.65. The normalized spacial score (nSPS) is 11.3. The highest BCUT2D eigenvalue weighted by atomic mass is 32.2. The predicted octanol–water partition coefficient (Wildman–Crippen LogP) is 2.72. The fraction of sp³-hybridized carbons (Fsp3) is 0.235. The monoisotopic (exact) mass is 390 g/mol. The Bertz CT molecular complexity index is 1000. The highest BCUT2D eigenvalue weighted by Crippen LogP contribution is 2.22. The summed E-state index contributed by atoms with van der Waals surface area (Å²) in [7, 11) is -1.73. The van der Waals surface area contributed by atoms with Gasteiger partial charge in [-0.15, -0.1) is 0 Å². The maximum Gasteiger partial charge on any atom is 0.232 e. The Morgan fingerprint density at radius 2 is 1.93 bits per heavy atom. The van der Waals surface area contributed by atoms with E-state index >= 15 is 0 Å². The Morgan fingerprint density at radius 3 is 2.59 bits per heavy atom. The van der Waals surface area contributed by atoms with E-state index in [9.17, 15) is 12.8 Å². The molecule has 0 spiro atoms. The maximum absolute atomic E-state index is 12.2. The molecule has 27 heavy (non-hydrogen) atoms. The molecule has 142 valence electrons. The number of nitrogens with one attached hydrogen (secondary N) is 2. The van der Waals surface area contributed by atoms with Gasteiger partial charge >= 0.3 is 0 Å². The van der Waals surface area contributed by atoms with Gasteiger partial charge in [0, 0.05) is 30.7 Å². The van der Waals surface area contributed by atoms with Gasteiger partial charge in [-0.3, -0.25) is 13.8 Å². The van der Waals surface area contributed by atoms with E-state index in [1.165, 1.54) is 0 Å². The second-order valence-corrected chi connectivity index (χ2v) is 7.68. The van der Waals surface area contributed by atoms with Gasteiger partial charge in [-0.25, -0.2) is 18.4 Å². The van der Waals surface area contributed by atoms with Crippen molar-refractivity contribution in [2.24, 2.45) is 7.05 Å². The molecular weight excluding hydrogens is 371 g/mol. The second kappa shape index (κ2) is 8.12. The highest BCUT2D eigenvalue weighted by Gasteiger charge is 2.10. The summed E-state index contributed by atoms with van der Waals surface area (Å²) >= 11 is 0. The van der Waals surface area contributed by atoms with Gasteiger partial charge in [0.15, 0.2) is 0 Å². The number of halogens is 1. The Labute approximate surface area is 156 Å². The number of alkyl halides is 1. The first-order valence-corrected chi connectivity index (χ1v) is 9.86. The zero-order valence-electron chi connectivity index (χ0n) is 14.6. The van der Waals surface area contributed by atoms with Gasteiger partial charge < -0.3 is 5.32 Å². The molecule has 0 aliphatic heterocycles. The third-order valence-electron chi connectivity index (χ3n) is 3.62. The molecule has 0 saturated heterocycles. The summed E-state index contributed by atoms with van der Waals surface area (Å²) in [5.41, 5.74) is 2.68. The minimum absolute atomic E-state index is 0.0267. The molecule has 1 aromatic carbocycles. The molecule has 3 rings (SSSR count). The second-order valence-electron chi connectivity index (χ2n) is 5.83. The SMILES string of the molecule is Cn1cc(Nc2nccc(-c3ccc(NS(=O)(=O)CCCF)cc3)n2)cn1. The maximum atomic E-state index is 12.2. The Morgan fingerprint density at radius 1 is 1.15 bits per heavy atom. The van der Waals surface area contributed by atoms with E-state index in [2.05, 4.69) is 25.1 Å². The zero-order chi connectivity index (χ0) is 19.3. The van der Waals surface area contributed by atoms with Crippen molar-refractivity contribution in [2.45, 2.75) is 6.42 Å².